The molecule has 0 fully saturated rings. The standard InChI is InChI=1S/C5H10N2O2/c1-2-5(9)7(6)3-4-8/h2,8H,1,3-4,6H2. The van der Waals surface area contributed by atoms with Crippen molar-refractivity contribution in [1.29, 1.82) is 0 Å². The first-order chi connectivity index (χ1) is 4.22. The van der Waals surface area contributed by atoms with Crippen molar-refractivity contribution in [3.63, 3.8) is 0 Å². The van der Waals surface area contributed by atoms with Gasteiger partial charge in [0.25, 0.3) is 5.91 Å². The Kier molecular flexibility index (Phi) is 3.66. The molecule has 0 saturated heterocycles. The van der Waals surface area contributed by atoms with E-state index in [0.717, 1.165) is 11.1 Å². The second kappa shape index (κ2) is 4.05. The highest BCUT2D eigenvalue weighted by Gasteiger charge is 2.00. The zero-order valence-electron chi connectivity index (χ0n) is 5.08. The third-order valence-corrected chi connectivity index (χ3v) is 0.799. The van der Waals surface area contributed by atoms with Gasteiger partial charge in [-0.05, 0) is 6.08 Å². The first-order valence-corrected chi connectivity index (χ1v) is 2.52. The molecule has 0 aromatic carbocycles. The highest BCUT2D eigenvalue weighted by atomic mass is 16.3. The van der Waals surface area contributed by atoms with E-state index in [0.29, 0.717) is 0 Å². The average molecular weight is 130 g/mol. The number of aliphatic hydroxyl groups excluding tert-OH is 1. The highest BCUT2D eigenvalue weighted by Crippen LogP contribution is 1.78. The molecule has 0 unspecified atom stereocenters. The van der Waals surface area contributed by atoms with Gasteiger partial charge in [0.05, 0.1) is 13.2 Å². The summed E-state index contributed by atoms with van der Waals surface area (Å²) < 4.78 is 0. The Morgan fingerprint density at radius 3 is 2.78 bits per heavy atom. The number of nitrogens with zero attached hydrogens (tertiary/aromatic N) is 1. The van der Waals surface area contributed by atoms with E-state index in [2.05, 4.69) is 6.58 Å². The molecule has 9 heavy (non-hydrogen) atoms. The van der Waals surface area contributed by atoms with Crippen LogP contribution < -0.4 is 5.84 Å². The largest absolute Gasteiger partial charge is 0.394 e. The summed E-state index contributed by atoms with van der Waals surface area (Å²) in [4.78, 5) is 10.5. The van der Waals surface area contributed by atoms with Crippen molar-refractivity contribution in [2.24, 2.45) is 5.84 Å². The number of nitrogens with two attached hydrogens (primary N) is 1. The minimum atomic E-state index is -0.385. The molecule has 0 aromatic heterocycles. The molecule has 0 spiro atoms. The van der Waals surface area contributed by atoms with Crippen LogP contribution in [0, 0.1) is 0 Å². The van der Waals surface area contributed by atoms with Crippen molar-refractivity contribution in [1.82, 2.24) is 5.01 Å². The van der Waals surface area contributed by atoms with Crippen molar-refractivity contribution < 1.29 is 9.90 Å². The topological polar surface area (TPSA) is 66.6 Å². The number of amides is 1. The van der Waals surface area contributed by atoms with Crippen molar-refractivity contribution >= 4 is 5.91 Å². The van der Waals surface area contributed by atoms with Gasteiger partial charge in [-0.3, -0.25) is 9.80 Å². The molecule has 52 valence electrons. The van der Waals surface area contributed by atoms with E-state index in [1.54, 1.807) is 0 Å². The predicted octanol–water partition coefficient (Wildman–Crippen LogP) is -1.13. The minimum absolute atomic E-state index is 0.129. The zero-order valence-corrected chi connectivity index (χ0v) is 5.08. The molecule has 0 radical (unpaired) electrons. The molecule has 0 atom stereocenters. The normalized spacial score (nSPS) is 8.67. The molecular formula is C5H10N2O2. The maximum absolute atomic E-state index is 10.5. The first kappa shape index (κ1) is 8.13. The summed E-state index contributed by atoms with van der Waals surface area (Å²) in [5.41, 5.74) is 0. The summed E-state index contributed by atoms with van der Waals surface area (Å²) in [5, 5.41) is 9.17. The van der Waals surface area contributed by atoms with Gasteiger partial charge in [-0.25, -0.2) is 5.84 Å². The Labute approximate surface area is 53.5 Å². The van der Waals surface area contributed by atoms with E-state index in [9.17, 15) is 4.79 Å². The van der Waals surface area contributed by atoms with E-state index < -0.39 is 0 Å². The lowest BCUT2D eigenvalue weighted by atomic mass is 10.5. The smallest absolute Gasteiger partial charge is 0.259 e. The Morgan fingerprint density at radius 1 is 1.89 bits per heavy atom. The van der Waals surface area contributed by atoms with Crippen LogP contribution in [0.3, 0.4) is 0 Å². The summed E-state index contributed by atoms with van der Waals surface area (Å²) in [7, 11) is 0. The van der Waals surface area contributed by atoms with Gasteiger partial charge >= 0.3 is 0 Å². The summed E-state index contributed by atoms with van der Waals surface area (Å²) in [5.74, 6) is 4.71. The van der Waals surface area contributed by atoms with Crippen LogP contribution in [-0.2, 0) is 4.79 Å². The van der Waals surface area contributed by atoms with Crippen LogP contribution in [0.1, 0.15) is 0 Å². The van der Waals surface area contributed by atoms with Gasteiger partial charge in [0.15, 0.2) is 0 Å². The molecule has 4 heteroatoms. The zero-order chi connectivity index (χ0) is 7.28. The lowest BCUT2D eigenvalue weighted by Gasteiger charge is -2.11. The number of hydrazine groups is 1. The molecule has 0 aliphatic carbocycles. The molecule has 0 aromatic rings. The van der Waals surface area contributed by atoms with Crippen molar-refractivity contribution in [3.8, 4) is 0 Å². The number of hydrogen-bond acceptors (Lipinski definition) is 3. The van der Waals surface area contributed by atoms with Crippen LogP contribution in [0.5, 0.6) is 0 Å². The fraction of sp³-hybridized carbons (Fsp3) is 0.400. The molecule has 0 heterocycles. The second-order valence-corrected chi connectivity index (χ2v) is 1.46. The van der Waals surface area contributed by atoms with E-state index in [-0.39, 0.29) is 19.1 Å². The summed E-state index contributed by atoms with van der Waals surface area (Å²) >= 11 is 0. The van der Waals surface area contributed by atoms with Gasteiger partial charge in [-0.15, -0.1) is 0 Å². The molecule has 4 nitrogen and oxygen atoms in total. The maximum atomic E-state index is 10.5. The number of hydrogen-bond donors (Lipinski definition) is 2. The van der Waals surface area contributed by atoms with Crippen molar-refractivity contribution in [3.05, 3.63) is 12.7 Å². The molecule has 0 bridgehead atoms. The minimum Gasteiger partial charge on any atom is -0.394 e. The fourth-order valence-corrected chi connectivity index (χ4v) is 0.335. The van der Waals surface area contributed by atoms with Crippen LogP contribution in [0.25, 0.3) is 0 Å². The Hall–Kier alpha value is -0.870. The lowest BCUT2D eigenvalue weighted by molar-refractivity contribution is -0.126. The van der Waals surface area contributed by atoms with Crippen LogP contribution in [-0.4, -0.2) is 29.2 Å². The van der Waals surface area contributed by atoms with E-state index >= 15 is 0 Å². The predicted molar refractivity (Wildman–Crippen MR) is 33.2 cm³/mol. The summed E-state index contributed by atoms with van der Waals surface area (Å²) in [6.45, 7) is 3.23. The van der Waals surface area contributed by atoms with Crippen molar-refractivity contribution in [2.45, 2.75) is 0 Å². The van der Waals surface area contributed by atoms with E-state index in [1.807, 2.05) is 0 Å². The maximum Gasteiger partial charge on any atom is 0.259 e. The van der Waals surface area contributed by atoms with Crippen molar-refractivity contribution in [2.75, 3.05) is 13.2 Å². The lowest BCUT2D eigenvalue weighted by Crippen LogP contribution is -2.38. The van der Waals surface area contributed by atoms with Crippen LogP contribution in [0.2, 0.25) is 0 Å². The van der Waals surface area contributed by atoms with E-state index in [4.69, 9.17) is 10.9 Å². The van der Waals surface area contributed by atoms with E-state index in [1.165, 1.54) is 0 Å². The molecule has 0 rings (SSSR count). The number of aliphatic hydroxyl groups is 1. The average Bonchev–Trinajstić information content (AvgIpc) is 1.87. The fourth-order valence-electron chi connectivity index (χ4n) is 0.335. The quantitative estimate of drug-likeness (QED) is 0.220. The molecule has 3 N–H and O–H groups in total. The van der Waals surface area contributed by atoms with Gasteiger partial charge in [0, 0.05) is 0 Å². The highest BCUT2D eigenvalue weighted by molar-refractivity contribution is 5.86. The SMILES string of the molecule is C=CC(=O)N(N)CCO. The molecule has 0 aliphatic heterocycles. The second-order valence-electron chi connectivity index (χ2n) is 1.46. The van der Waals surface area contributed by atoms with Crippen LogP contribution in [0.4, 0.5) is 0 Å². The van der Waals surface area contributed by atoms with Gasteiger partial charge in [-0.2, -0.15) is 0 Å². The first-order valence-electron chi connectivity index (χ1n) is 2.52. The Morgan fingerprint density at radius 2 is 2.44 bits per heavy atom. The van der Waals surface area contributed by atoms with Gasteiger partial charge in [0.2, 0.25) is 0 Å². The number of carbonyl (C=O) groups is 1. The van der Waals surface area contributed by atoms with Crippen LogP contribution >= 0.6 is 0 Å². The monoisotopic (exact) mass is 130 g/mol. The molecule has 0 saturated carbocycles. The molecule has 0 aliphatic rings. The van der Waals surface area contributed by atoms with Gasteiger partial charge in [0.1, 0.15) is 0 Å². The third kappa shape index (κ3) is 2.84. The third-order valence-electron chi connectivity index (χ3n) is 0.799. The molecular weight excluding hydrogens is 120 g/mol. The van der Waals surface area contributed by atoms with Gasteiger partial charge in [-0.1, -0.05) is 6.58 Å². The van der Waals surface area contributed by atoms with Crippen LogP contribution in [0.15, 0.2) is 12.7 Å². The molecule has 1 amide bonds. The Balaban J connectivity index is 3.58. The summed E-state index contributed by atoms with van der Waals surface area (Å²) in [6, 6.07) is 0. The Bertz CT molecular complexity index is 114. The number of rotatable bonds is 3. The van der Waals surface area contributed by atoms with Gasteiger partial charge < -0.3 is 5.11 Å². The summed E-state index contributed by atoms with van der Waals surface area (Å²) in [6.07, 6.45) is 1.09. The number of carbonyl (C=O) groups excluding carboxylic acids is 1.